The van der Waals surface area contributed by atoms with Crippen molar-refractivity contribution in [3.63, 3.8) is 0 Å². The van der Waals surface area contributed by atoms with E-state index in [9.17, 15) is 9.59 Å². The number of pyridine rings is 1. The largest absolute Gasteiger partial charge is 0.340 e. The van der Waals surface area contributed by atoms with Gasteiger partial charge in [-0.2, -0.15) is 0 Å². The third-order valence-corrected chi connectivity index (χ3v) is 5.88. The number of aromatic nitrogens is 1. The van der Waals surface area contributed by atoms with Crippen LogP contribution in [0.15, 0.2) is 36.7 Å². The molecule has 2 aromatic rings. The van der Waals surface area contributed by atoms with Gasteiger partial charge in [0.1, 0.15) is 0 Å². The average Bonchev–Trinajstić information content (AvgIpc) is 3.39. The van der Waals surface area contributed by atoms with Crippen LogP contribution in [0.3, 0.4) is 0 Å². The van der Waals surface area contributed by atoms with Crippen LogP contribution < -0.4 is 0 Å². The molecule has 26 heavy (non-hydrogen) atoms. The van der Waals surface area contributed by atoms with Gasteiger partial charge in [-0.3, -0.25) is 9.59 Å². The van der Waals surface area contributed by atoms with Crippen LogP contribution in [-0.4, -0.2) is 77.2 Å². The van der Waals surface area contributed by atoms with Crippen LogP contribution in [0.4, 0.5) is 0 Å². The summed E-state index contributed by atoms with van der Waals surface area (Å²) >= 11 is 0. The summed E-state index contributed by atoms with van der Waals surface area (Å²) in [4.78, 5) is 31.7. The van der Waals surface area contributed by atoms with E-state index in [1.807, 2.05) is 57.9 Å². The molecule has 4 rings (SSSR count). The third kappa shape index (κ3) is 2.98. The summed E-state index contributed by atoms with van der Waals surface area (Å²) in [5.41, 5.74) is 1.64. The Kier molecular flexibility index (Phi) is 4.44. The maximum atomic E-state index is 13.0. The van der Waals surface area contributed by atoms with E-state index in [0.29, 0.717) is 6.54 Å². The van der Waals surface area contributed by atoms with Crippen LogP contribution in [0.5, 0.6) is 0 Å². The summed E-state index contributed by atoms with van der Waals surface area (Å²) in [6, 6.07) is 7.82. The summed E-state index contributed by atoms with van der Waals surface area (Å²) in [5.74, 6) is 0.404. The molecule has 2 fully saturated rings. The van der Waals surface area contributed by atoms with Crippen LogP contribution in [-0.2, 0) is 4.79 Å². The van der Waals surface area contributed by atoms with Gasteiger partial charge in [0, 0.05) is 39.1 Å². The second-order valence-corrected chi connectivity index (χ2v) is 7.61. The van der Waals surface area contributed by atoms with E-state index in [-0.39, 0.29) is 23.8 Å². The number of likely N-dealkylation sites (N-methyl/N-ethyl adjacent to an activating group) is 1. The lowest BCUT2D eigenvalue weighted by atomic mass is 10.1. The van der Waals surface area contributed by atoms with E-state index in [2.05, 4.69) is 11.9 Å². The van der Waals surface area contributed by atoms with Crippen molar-refractivity contribution in [1.29, 1.82) is 0 Å². The Balaban J connectivity index is 1.43. The van der Waals surface area contributed by atoms with E-state index in [4.69, 9.17) is 0 Å². The Bertz CT molecular complexity index is 830. The smallest absolute Gasteiger partial charge is 0.256 e. The first-order valence-electron chi connectivity index (χ1n) is 9.35. The van der Waals surface area contributed by atoms with E-state index in [1.54, 1.807) is 0 Å². The van der Waals surface area contributed by atoms with Crippen molar-refractivity contribution in [1.82, 2.24) is 19.1 Å². The predicted molar refractivity (Wildman–Crippen MR) is 100 cm³/mol. The summed E-state index contributed by atoms with van der Waals surface area (Å²) in [6.07, 6.45) is 5.66. The lowest BCUT2D eigenvalue weighted by Gasteiger charge is -2.26. The Hall–Kier alpha value is -2.34. The molecule has 0 N–H and O–H groups in total. The highest BCUT2D eigenvalue weighted by molar-refractivity contribution is 6.01. The minimum atomic E-state index is 0.0265. The highest BCUT2D eigenvalue weighted by Crippen LogP contribution is 2.23. The van der Waals surface area contributed by atoms with Gasteiger partial charge in [-0.1, -0.05) is 6.07 Å². The lowest BCUT2D eigenvalue weighted by molar-refractivity contribution is -0.134. The number of likely N-dealkylation sites (tertiary alicyclic amines) is 2. The standard InChI is InChI=1S/C20H26N4O2/c1-21-10-6-15(13-21)19(25)24-11-7-16(14-24)22(2)20(26)17-8-12-23-9-4-3-5-18(17)23/h3-5,8-9,12,15-16H,6-7,10-11,13-14H2,1-2H3/t15-,16?/m0/s1. The minimum Gasteiger partial charge on any atom is -0.340 e. The fraction of sp³-hybridized carbons (Fsp3) is 0.500. The first kappa shape index (κ1) is 17.1. The van der Waals surface area contributed by atoms with E-state index in [0.717, 1.165) is 43.6 Å². The zero-order valence-electron chi connectivity index (χ0n) is 15.5. The highest BCUT2D eigenvalue weighted by Gasteiger charge is 2.36. The molecular formula is C20H26N4O2. The molecule has 0 radical (unpaired) electrons. The van der Waals surface area contributed by atoms with Gasteiger partial charge in [-0.25, -0.2) is 0 Å². The van der Waals surface area contributed by atoms with Gasteiger partial charge < -0.3 is 19.1 Å². The number of nitrogens with zero attached hydrogens (tertiary/aromatic N) is 4. The number of fused-ring (bicyclic) bond motifs is 1. The SMILES string of the molecule is CN1CC[C@H](C(=O)N2CCC(N(C)C(=O)c3ccn4ccccc34)C2)C1. The Morgan fingerprint density at radius 2 is 1.92 bits per heavy atom. The number of hydrogen-bond donors (Lipinski definition) is 0. The Morgan fingerprint density at radius 3 is 2.69 bits per heavy atom. The fourth-order valence-electron chi connectivity index (χ4n) is 4.24. The first-order valence-corrected chi connectivity index (χ1v) is 9.35. The molecule has 2 saturated heterocycles. The van der Waals surface area contributed by atoms with Crippen molar-refractivity contribution >= 4 is 17.3 Å². The lowest BCUT2D eigenvalue weighted by Crippen LogP contribution is -2.41. The molecule has 0 aliphatic carbocycles. The summed E-state index contributed by atoms with van der Waals surface area (Å²) in [5, 5.41) is 0. The second-order valence-electron chi connectivity index (χ2n) is 7.61. The molecule has 6 nitrogen and oxygen atoms in total. The van der Waals surface area contributed by atoms with Crippen LogP contribution in [0, 0.1) is 5.92 Å². The highest BCUT2D eigenvalue weighted by atomic mass is 16.2. The van der Waals surface area contributed by atoms with Gasteiger partial charge in [0.15, 0.2) is 0 Å². The molecule has 0 aromatic carbocycles. The van der Waals surface area contributed by atoms with Gasteiger partial charge in [-0.15, -0.1) is 0 Å². The molecule has 2 atom stereocenters. The monoisotopic (exact) mass is 354 g/mol. The first-order chi connectivity index (χ1) is 12.5. The Labute approximate surface area is 154 Å². The predicted octanol–water partition coefficient (Wildman–Crippen LogP) is 1.56. The van der Waals surface area contributed by atoms with Crippen molar-refractivity contribution in [2.24, 2.45) is 5.92 Å². The van der Waals surface area contributed by atoms with E-state index >= 15 is 0 Å². The zero-order chi connectivity index (χ0) is 18.3. The molecule has 2 aliphatic heterocycles. The van der Waals surface area contributed by atoms with Gasteiger partial charge in [0.2, 0.25) is 5.91 Å². The van der Waals surface area contributed by atoms with Gasteiger partial charge >= 0.3 is 0 Å². The van der Waals surface area contributed by atoms with Crippen molar-refractivity contribution in [3.8, 4) is 0 Å². The molecule has 6 heteroatoms. The van der Waals surface area contributed by atoms with E-state index < -0.39 is 0 Å². The van der Waals surface area contributed by atoms with Crippen molar-refractivity contribution in [2.75, 3.05) is 40.3 Å². The van der Waals surface area contributed by atoms with E-state index in [1.165, 1.54) is 0 Å². The maximum absolute atomic E-state index is 13.0. The van der Waals surface area contributed by atoms with Gasteiger partial charge in [0.05, 0.1) is 23.0 Å². The molecule has 138 valence electrons. The molecular weight excluding hydrogens is 328 g/mol. The van der Waals surface area contributed by atoms with Crippen LogP contribution in [0.25, 0.3) is 5.52 Å². The van der Waals surface area contributed by atoms with Gasteiger partial charge in [0.25, 0.3) is 5.91 Å². The molecule has 0 spiro atoms. The summed E-state index contributed by atoms with van der Waals surface area (Å²) < 4.78 is 1.96. The van der Waals surface area contributed by atoms with Crippen molar-refractivity contribution in [2.45, 2.75) is 18.9 Å². The summed E-state index contributed by atoms with van der Waals surface area (Å²) in [6.45, 7) is 3.24. The maximum Gasteiger partial charge on any atom is 0.256 e. The Morgan fingerprint density at radius 1 is 1.08 bits per heavy atom. The van der Waals surface area contributed by atoms with Crippen LogP contribution >= 0.6 is 0 Å². The van der Waals surface area contributed by atoms with Crippen molar-refractivity contribution < 1.29 is 9.59 Å². The number of carbonyl (C=O) groups excluding carboxylic acids is 2. The normalized spacial score (nSPS) is 23.7. The number of hydrogen-bond acceptors (Lipinski definition) is 3. The van der Waals surface area contributed by atoms with Crippen LogP contribution in [0.2, 0.25) is 0 Å². The van der Waals surface area contributed by atoms with Gasteiger partial charge in [-0.05, 0) is 44.6 Å². The second kappa shape index (κ2) is 6.76. The van der Waals surface area contributed by atoms with Crippen LogP contribution in [0.1, 0.15) is 23.2 Å². The molecule has 2 amide bonds. The molecule has 0 bridgehead atoms. The molecule has 4 heterocycles. The zero-order valence-corrected chi connectivity index (χ0v) is 15.5. The number of amides is 2. The number of rotatable bonds is 3. The van der Waals surface area contributed by atoms with Crippen molar-refractivity contribution in [3.05, 3.63) is 42.2 Å². The minimum absolute atomic E-state index is 0.0265. The topological polar surface area (TPSA) is 48.3 Å². The number of carbonyl (C=O) groups is 2. The summed E-state index contributed by atoms with van der Waals surface area (Å²) in [7, 11) is 3.92. The average molecular weight is 354 g/mol. The molecule has 0 saturated carbocycles. The fourth-order valence-corrected chi connectivity index (χ4v) is 4.24. The molecule has 1 unspecified atom stereocenters. The third-order valence-electron chi connectivity index (χ3n) is 5.88. The molecule has 2 aromatic heterocycles. The molecule has 2 aliphatic rings. The quantitative estimate of drug-likeness (QED) is 0.841.